The molecule has 16 heavy (non-hydrogen) atoms. The Bertz CT molecular complexity index is 233. The predicted molar refractivity (Wildman–Crippen MR) is 66.5 cm³/mol. The molecule has 0 amide bonds. The van der Waals surface area contributed by atoms with Crippen molar-refractivity contribution in [2.45, 2.75) is 71.8 Å². The standard InChI is InChI=1S/C13H27NO2/c1-7-16-11-8-10(12(11,3)4)14-9(2)13(5,6)15/h9-11,14-15H,7-8H2,1-6H3. The van der Waals surface area contributed by atoms with Crippen molar-refractivity contribution < 1.29 is 9.84 Å². The molecule has 2 N–H and O–H groups in total. The van der Waals surface area contributed by atoms with Crippen molar-refractivity contribution in [3.8, 4) is 0 Å². The molecule has 0 saturated heterocycles. The van der Waals surface area contributed by atoms with Crippen molar-refractivity contribution in [3.63, 3.8) is 0 Å². The summed E-state index contributed by atoms with van der Waals surface area (Å²) in [5.41, 5.74) is -0.512. The Morgan fingerprint density at radius 2 is 2.06 bits per heavy atom. The van der Waals surface area contributed by atoms with Gasteiger partial charge in [-0.1, -0.05) is 13.8 Å². The largest absolute Gasteiger partial charge is 0.389 e. The van der Waals surface area contributed by atoms with Gasteiger partial charge in [0.1, 0.15) is 0 Å². The normalized spacial score (nSPS) is 30.9. The fourth-order valence-electron chi connectivity index (χ4n) is 2.16. The second-order valence-corrected chi connectivity index (χ2v) is 6.10. The van der Waals surface area contributed by atoms with Crippen molar-refractivity contribution in [3.05, 3.63) is 0 Å². The average Bonchev–Trinajstić information content (AvgIpc) is 2.14. The van der Waals surface area contributed by atoms with Crippen molar-refractivity contribution >= 4 is 0 Å². The van der Waals surface area contributed by atoms with Crippen LogP contribution in [0.15, 0.2) is 0 Å². The minimum Gasteiger partial charge on any atom is -0.389 e. The molecule has 0 aromatic heterocycles. The fourth-order valence-corrected chi connectivity index (χ4v) is 2.16. The van der Waals surface area contributed by atoms with Gasteiger partial charge in [-0.2, -0.15) is 0 Å². The van der Waals surface area contributed by atoms with Crippen LogP contribution in [0.3, 0.4) is 0 Å². The molecule has 0 heterocycles. The van der Waals surface area contributed by atoms with Crippen LogP contribution >= 0.6 is 0 Å². The molecule has 0 aliphatic heterocycles. The summed E-state index contributed by atoms with van der Waals surface area (Å²) in [6.07, 6.45) is 1.39. The number of hydrogen-bond donors (Lipinski definition) is 2. The summed E-state index contributed by atoms with van der Waals surface area (Å²) in [6.45, 7) is 13.0. The molecule has 0 radical (unpaired) electrons. The number of ether oxygens (including phenoxy) is 1. The van der Waals surface area contributed by atoms with Crippen LogP contribution in [0, 0.1) is 5.41 Å². The molecule has 3 atom stereocenters. The van der Waals surface area contributed by atoms with E-state index in [-0.39, 0.29) is 11.5 Å². The SMILES string of the molecule is CCOC1CC(NC(C)C(C)(C)O)C1(C)C. The zero-order chi connectivity index (χ0) is 12.6. The molecule has 0 bridgehead atoms. The van der Waals surface area contributed by atoms with E-state index in [0.29, 0.717) is 12.1 Å². The monoisotopic (exact) mass is 229 g/mol. The summed E-state index contributed by atoms with van der Waals surface area (Å²) >= 11 is 0. The lowest BCUT2D eigenvalue weighted by molar-refractivity contribution is -0.121. The summed E-state index contributed by atoms with van der Waals surface area (Å²) in [6, 6.07) is 0.532. The molecule has 0 aromatic carbocycles. The van der Waals surface area contributed by atoms with E-state index < -0.39 is 5.60 Å². The van der Waals surface area contributed by atoms with Crippen LogP contribution in [0.25, 0.3) is 0 Å². The minimum absolute atomic E-state index is 0.0966. The van der Waals surface area contributed by atoms with Gasteiger partial charge >= 0.3 is 0 Å². The lowest BCUT2D eigenvalue weighted by Crippen LogP contribution is -2.64. The summed E-state index contributed by atoms with van der Waals surface area (Å²) < 4.78 is 5.69. The van der Waals surface area contributed by atoms with Crippen molar-refractivity contribution in [1.82, 2.24) is 5.32 Å². The van der Waals surface area contributed by atoms with E-state index in [1.165, 1.54) is 0 Å². The average molecular weight is 229 g/mol. The summed E-state index contributed by atoms with van der Waals surface area (Å²) in [5, 5.41) is 13.4. The maximum Gasteiger partial charge on any atom is 0.0741 e. The molecule has 96 valence electrons. The molecule has 3 heteroatoms. The second kappa shape index (κ2) is 4.63. The molecule has 1 aliphatic rings. The highest BCUT2D eigenvalue weighted by atomic mass is 16.5. The van der Waals surface area contributed by atoms with E-state index in [1.54, 1.807) is 0 Å². The highest BCUT2D eigenvalue weighted by molar-refractivity contribution is 5.04. The van der Waals surface area contributed by atoms with Gasteiger partial charge in [0.15, 0.2) is 0 Å². The zero-order valence-electron chi connectivity index (χ0n) is 11.5. The van der Waals surface area contributed by atoms with Crippen LogP contribution in [0.1, 0.15) is 48.0 Å². The molecular formula is C13H27NO2. The van der Waals surface area contributed by atoms with Gasteiger partial charge in [0.25, 0.3) is 0 Å². The van der Waals surface area contributed by atoms with E-state index in [0.717, 1.165) is 13.0 Å². The maximum absolute atomic E-state index is 9.90. The lowest BCUT2D eigenvalue weighted by Gasteiger charge is -2.53. The third-order valence-corrected chi connectivity index (χ3v) is 4.06. The van der Waals surface area contributed by atoms with Crippen molar-refractivity contribution in [2.75, 3.05) is 6.61 Å². The highest BCUT2D eigenvalue weighted by Crippen LogP contribution is 2.43. The Kier molecular flexibility index (Phi) is 4.04. The van der Waals surface area contributed by atoms with E-state index in [1.807, 2.05) is 27.7 Å². The van der Waals surface area contributed by atoms with Gasteiger partial charge in [-0.25, -0.2) is 0 Å². The predicted octanol–water partition coefficient (Wildman–Crippen LogP) is 1.94. The van der Waals surface area contributed by atoms with Gasteiger partial charge in [-0.05, 0) is 34.1 Å². The Morgan fingerprint density at radius 1 is 1.50 bits per heavy atom. The van der Waals surface area contributed by atoms with E-state index in [9.17, 15) is 5.11 Å². The van der Waals surface area contributed by atoms with E-state index in [2.05, 4.69) is 19.2 Å². The van der Waals surface area contributed by atoms with Crippen LogP contribution in [-0.4, -0.2) is 35.5 Å². The smallest absolute Gasteiger partial charge is 0.0741 e. The molecular weight excluding hydrogens is 202 g/mol. The Hall–Kier alpha value is -0.120. The number of aliphatic hydroxyl groups is 1. The van der Waals surface area contributed by atoms with Gasteiger partial charge in [0, 0.05) is 24.1 Å². The molecule has 1 aliphatic carbocycles. The minimum atomic E-state index is -0.674. The summed E-state index contributed by atoms with van der Waals surface area (Å²) in [7, 11) is 0. The molecule has 0 spiro atoms. The van der Waals surface area contributed by atoms with Gasteiger partial charge in [-0.3, -0.25) is 0 Å². The lowest BCUT2D eigenvalue weighted by atomic mass is 9.64. The number of rotatable bonds is 5. The topological polar surface area (TPSA) is 41.5 Å². The second-order valence-electron chi connectivity index (χ2n) is 6.10. The van der Waals surface area contributed by atoms with Gasteiger partial charge in [0.05, 0.1) is 11.7 Å². The van der Waals surface area contributed by atoms with Crippen LogP contribution in [0.2, 0.25) is 0 Å². The fraction of sp³-hybridized carbons (Fsp3) is 1.00. The molecule has 1 saturated carbocycles. The maximum atomic E-state index is 9.90. The van der Waals surface area contributed by atoms with Gasteiger partial charge in [-0.15, -0.1) is 0 Å². The van der Waals surface area contributed by atoms with Crippen LogP contribution in [-0.2, 0) is 4.74 Å². The Balaban J connectivity index is 2.48. The third kappa shape index (κ3) is 2.76. The first-order valence-electron chi connectivity index (χ1n) is 6.29. The van der Waals surface area contributed by atoms with E-state index >= 15 is 0 Å². The molecule has 1 rings (SSSR count). The first kappa shape index (κ1) is 13.9. The molecule has 3 unspecified atom stereocenters. The molecule has 1 fully saturated rings. The summed E-state index contributed by atoms with van der Waals surface area (Å²) in [4.78, 5) is 0. The van der Waals surface area contributed by atoms with Gasteiger partial charge < -0.3 is 15.2 Å². The summed E-state index contributed by atoms with van der Waals surface area (Å²) in [5.74, 6) is 0. The highest BCUT2D eigenvalue weighted by Gasteiger charge is 2.49. The van der Waals surface area contributed by atoms with Crippen LogP contribution in [0.4, 0.5) is 0 Å². The quantitative estimate of drug-likeness (QED) is 0.757. The van der Waals surface area contributed by atoms with Crippen molar-refractivity contribution in [1.29, 1.82) is 0 Å². The Labute approximate surface area is 99.6 Å². The first-order valence-corrected chi connectivity index (χ1v) is 6.29. The number of nitrogens with one attached hydrogen (secondary N) is 1. The molecule has 3 nitrogen and oxygen atoms in total. The molecule has 0 aromatic rings. The first-order chi connectivity index (χ1) is 7.19. The van der Waals surface area contributed by atoms with Gasteiger partial charge in [0.2, 0.25) is 0 Å². The number of hydrogen-bond acceptors (Lipinski definition) is 3. The van der Waals surface area contributed by atoms with Crippen molar-refractivity contribution in [2.24, 2.45) is 5.41 Å². The third-order valence-electron chi connectivity index (χ3n) is 4.06. The van der Waals surface area contributed by atoms with Crippen LogP contribution in [0.5, 0.6) is 0 Å². The zero-order valence-corrected chi connectivity index (χ0v) is 11.5. The Morgan fingerprint density at radius 3 is 2.44 bits per heavy atom. The van der Waals surface area contributed by atoms with E-state index in [4.69, 9.17) is 4.74 Å². The van der Waals surface area contributed by atoms with Crippen LogP contribution < -0.4 is 5.32 Å².